The molecule has 1 amide bonds. The van der Waals surface area contributed by atoms with Crippen LogP contribution in [0, 0.1) is 16.7 Å². The number of carbonyl (C=O) groups is 1. The Morgan fingerprint density at radius 3 is 2.78 bits per heavy atom. The van der Waals surface area contributed by atoms with Gasteiger partial charge in [-0.25, -0.2) is 0 Å². The summed E-state index contributed by atoms with van der Waals surface area (Å²) in [6.07, 6.45) is 5.31. The monoisotopic (exact) mass is 247 g/mol. The molecule has 2 bridgehead atoms. The van der Waals surface area contributed by atoms with Crippen LogP contribution in [0.25, 0.3) is 0 Å². The molecule has 2 aliphatic carbocycles. The van der Waals surface area contributed by atoms with Gasteiger partial charge in [0.2, 0.25) is 0 Å². The minimum absolute atomic E-state index is 0.0770. The first-order chi connectivity index (χ1) is 8.43. The fourth-order valence-electron chi connectivity index (χ4n) is 4.27. The van der Waals surface area contributed by atoms with Gasteiger partial charge in [-0.3, -0.25) is 4.79 Å². The first-order valence-corrected chi connectivity index (χ1v) is 6.78. The Labute approximate surface area is 108 Å². The largest absolute Gasteiger partial charge is 0.459 e. The Balaban J connectivity index is 1.82. The van der Waals surface area contributed by atoms with E-state index >= 15 is 0 Å². The maximum Gasteiger partial charge on any atom is 0.287 e. The van der Waals surface area contributed by atoms with Crippen LogP contribution in [0.15, 0.2) is 22.8 Å². The lowest BCUT2D eigenvalue weighted by atomic mass is 9.68. The van der Waals surface area contributed by atoms with Crippen LogP contribution in [0.5, 0.6) is 0 Å². The van der Waals surface area contributed by atoms with Crippen molar-refractivity contribution in [3.8, 4) is 0 Å². The summed E-state index contributed by atoms with van der Waals surface area (Å²) in [6.45, 7) is 6.89. The summed E-state index contributed by atoms with van der Waals surface area (Å²) in [6, 6.07) is 3.72. The molecule has 98 valence electrons. The molecule has 0 saturated heterocycles. The van der Waals surface area contributed by atoms with Crippen LogP contribution in [0.3, 0.4) is 0 Å². The molecule has 3 atom stereocenters. The highest BCUT2D eigenvalue weighted by molar-refractivity contribution is 5.91. The molecule has 1 N–H and O–H groups in total. The van der Waals surface area contributed by atoms with Crippen molar-refractivity contribution in [2.45, 2.75) is 46.1 Å². The minimum Gasteiger partial charge on any atom is -0.459 e. The van der Waals surface area contributed by atoms with Gasteiger partial charge in [0.15, 0.2) is 5.76 Å². The molecule has 1 aromatic rings. The number of hydrogen-bond acceptors (Lipinski definition) is 2. The van der Waals surface area contributed by atoms with Gasteiger partial charge < -0.3 is 9.73 Å². The van der Waals surface area contributed by atoms with Gasteiger partial charge in [-0.05, 0) is 48.1 Å². The van der Waals surface area contributed by atoms with E-state index in [0.717, 1.165) is 5.92 Å². The van der Waals surface area contributed by atoms with Crippen molar-refractivity contribution in [2.75, 3.05) is 0 Å². The molecule has 0 unspecified atom stereocenters. The molecule has 3 rings (SSSR count). The van der Waals surface area contributed by atoms with Crippen molar-refractivity contribution in [3.63, 3.8) is 0 Å². The maximum absolute atomic E-state index is 12.2. The van der Waals surface area contributed by atoms with E-state index in [2.05, 4.69) is 26.1 Å². The fraction of sp³-hybridized carbons (Fsp3) is 0.667. The summed E-state index contributed by atoms with van der Waals surface area (Å²) in [5.41, 5.74) is 0.450. The number of rotatable bonds is 2. The van der Waals surface area contributed by atoms with E-state index in [1.807, 2.05) is 0 Å². The van der Waals surface area contributed by atoms with Crippen molar-refractivity contribution in [1.82, 2.24) is 5.32 Å². The third kappa shape index (κ3) is 1.53. The normalized spacial score (nSPS) is 36.8. The zero-order chi connectivity index (χ0) is 13.0. The zero-order valence-corrected chi connectivity index (χ0v) is 11.3. The third-order valence-corrected chi connectivity index (χ3v) is 5.29. The van der Waals surface area contributed by atoms with Crippen molar-refractivity contribution in [1.29, 1.82) is 0 Å². The second-order valence-electron chi connectivity index (χ2n) is 6.80. The molecule has 3 nitrogen and oxygen atoms in total. The second-order valence-corrected chi connectivity index (χ2v) is 6.80. The highest BCUT2D eigenvalue weighted by Gasteiger charge is 2.59. The molecule has 2 saturated carbocycles. The van der Waals surface area contributed by atoms with E-state index in [4.69, 9.17) is 4.42 Å². The summed E-state index contributed by atoms with van der Waals surface area (Å²) >= 11 is 0. The maximum atomic E-state index is 12.2. The van der Waals surface area contributed by atoms with Crippen LogP contribution in [-0.4, -0.2) is 11.9 Å². The topological polar surface area (TPSA) is 42.2 Å². The van der Waals surface area contributed by atoms with Gasteiger partial charge in [-0.15, -0.1) is 0 Å². The number of nitrogens with one attached hydrogen (secondary N) is 1. The molecule has 18 heavy (non-hydrogen) atoms. The molecule has 2 fully saturated rings. The Kier molecular flexibility index (Phi) is 2.38. The highest BCUT2D eigenvalue weighted by atomic mass is 16.3. The molecule has 1 heterocycles. The molecule has 3 heteroatoms. The number of furan rings is 1. The lowest BCUT2D eigenvalue weighted by molar-refractivity contribution is 0.0713. The van der Waals surface area contributed by atoms with E-state index in [-0.39, 0.29) is 22.8 Å². The van der Waals surface area contributed by atoms with Crippen LogP contribution in [-0.2, 0) is 0 Å². The Bertz CT molecular complexity index is 458. The van der Waals surface area contributed by atoms with E-state index < -0.39 is 0 Å². The second kappa shape index (κ2) is 3.62. The predicted molar refractivity (Wildman–Crippen MR) is 69.2 cm³/mol. The van der Waals surface area contributed by atoms with Crippen molar-refractivity contribution in [3.05, 3.63) is 24.2 Å². The first-order valence-electron chi connectivity index (χ1n) is 6.78. The SMILES string of the molecule is CC1(C)[C@@H]2CC[C@](C)(C2)[C@@H]1NC(=O)c1ccco1. The van der Waals surface area contributed by atoms with Crippen molar-refractivity contribution in [2.24, 2.45) is 16.7 Å². The number of amides is 1. The predicted octanol–water partition coefficient (Wildman–Crippen LogP) is 3.22. The van der Waals surface area contributed by atoms with E-state index in [1.165, 1.54) is 19.3 Å². The van der Waals surface area contributed by atoms with E-state index in [0.29, 0.717) is 5.76 Å². The smallest absolute Gasteiger partial charge is 0.287 e. The molecular formula is C15H21NO2. The average molecular weight is 247 g/mol. The molecule has 0 aliphatic heterocycles. The van der Waals surface area contributed by atoms with Gasteiger partial charge in [0.1, 0.15) is 0 Å². The Hall–Kier alpha value is -1.25. The number of carbonyl (C=O) groups excluding carboxylic acids is 1. The third-order valence-electron chi connectivity index (χ3n) is 5.29. The quantitative estimate of drug-likeness (QED) is 0.871. The number of hydrogen-bond donors (Lipinski definition) is 1. The van der Waals surface area contributed by atoms with Gasteiger partial charge in [0.25, 0.3) is 5.91 Å². The lowest BCUT2D eigenvalue weighted by Crippen LogP contribution is -2.52. The van der Waals surface area contributed by atoms with Gasteiger partial charge in [-0.2, -0.15) is 0 Å². The molecule has 2 aliphatic rings. The van der Waals surface area contributed by atoms with Crippen LogP contribution < -0.4 is 5.32 Å². The molecular weight excluding hydrogens is 226 g/mol. The van der Waals surface area contributed by atoms with Crippen LogP contribution >= 0.6 is 0 Å². The minimum atomic E-state index is -0.0770. The first kappa shape index (κ1) is 11.8. The molecule has 0 aromatic carbocycles. The zero-order valence-electron chi connectivity index (χ0n) is 11.3. The molecule has 0 radical (unpaired) electrons. The average Bonchev–Trinajstić information content (AvgIpc) is 2.96. The standard InChI is InChI=1S/C15H21NO2/c1-14(2)10-6-7-15(3,9-10)13(14)16-12(17)11-5-4-8-18-11/h4-5,8,10,13H,6-7,9H2,1-3H3,(H,16,17)/t10-,13-,15-/m1/s1. The van der Waals surface area contributed by atoms with Gasteiger partial charge in [0, 0.05) is 6.04 Å². The van der Waals surface area contributed by atoms with Crippen LogP contribution in [0.2, 0.25) is 0 Å². The van der Waals surface area contributed by atoms with E-state index in [1.54, 1.807) is 18.4 Å². The lowest BCUT2D eigenvalue weighted by Gasteiger charge is -2.42. The van der Waals surface area contributed by atoms with Crippen LogP contribution in [0.1, 0.15) is 50.6 Å². The molecule has 1 aromatic heterocycles. The van der Waals surface area contributed by atoms with Crippen molar-refractivity contribution < 1.29 is 9.21 Å². The van der Waals surface area contributed by atoms with Gasteiger partial charge in [-0.1, -0.05) is 20.8 Å². The highest BCUT2D eigenvalue weighted by Crippen LogP contribution is 2.62. The summed E-state index contributed by atoms with van der Waals surface area (Å²) in [7, 11) is 0. The summed E-state index contributed by atoms with van der Waals surface area (Å²) in [5.74, 6) is 1.08. The summed E-state index contributed by atoms with van der Waals surface area (Å²) < 4.78 is 5.17. The Morgan fingerprint density at radius 2 is 2.22 bits per heavy atom. The van der Waals surface area contributed by atoms with Crippen molar-refractivity contribution >= 4 is 5.91 Å². The van der Waals surface area contributed by atoms with Crippen LogP contribution in [0.4, 0.5) is 0 Å². The summed E-state index contributed by atoms with van der Waals surface area (Å²) in [5, 5.41) is 3.21. The number of fused-ring (bicyclic) bond motifs is 2. The summed E-state index contributed by atoms with van der Waals surface area (Å²) in [4.78, 5) is 12.2. The van der Waals surface area contributed by atoms with Gasteiger partial charge in [0.05, 0.1) is 6.26 Å². The fourth-order valence-corrected chi connectivity index (χ4v) is 4.27. The van der Waals surface area contributed by atoms with Gasteiger partial charge >= 0.3 is 0 Å². The Morgan fingerprint density at radius 1 is 1.44 bits per heavy atom. The van der Waals surface area contributed by atoms with E-state index in [9.17, 15) is 4.79 Å². The molecule has 0 spiro atoms.